The smallest absolute Gasteiger partial charge is 0.387 e. The van der Waals surface area contributed by atoms with Crippen LogP contribution in [0, 0.1) is 6.92 Å². The van der Waals surface area contributed by atoms with Crippen molar-refractivity contribution < 1.29 is 27.8 Å². The number of alkyl halides is 2. The lowest BCUT2D eigenvalue weighted by molar-refractivity contribution is -0.0498. The van der Waals surface area contributed by atoms with Crippen molar-refractivity contribution >= 4 is 11.9 Å². The van der Waals surface area contributed by atoms with Gasteiger partial charge in [-0.15, -0.1) is 0 Å². The quantitative estimate of drug-likeness (QED) is 0.308. The largest absolute Gasteiger partial charge is 0.496 e. The molecule has 0 heterocycles. The van der Waals surface area contributed by atoms with E-state index in [0.717, 1.165) is 22.4 Å². The Balaban J connectivity index is 1.74. The molecule has 0 atom stereocenters. The maximum absolute atomic E-state index is 12.4. The van der Waals surface area contributed by atoms with Gasteiger partial charge in [-0.05, 0) is 54.5 Å². The number of carbonyl (C=O) groups is 1. The van der Waals surface area contributed by atoms with Crippen LogP contribution in [0.3, 0.4) is 0 Å². The molecule has 3 aromatic rings. The van der Waals surface area contributed by atoms with Gasteiger partial charge in [-0.1, -0.05) is 42.5 Å². The Morgan fingerprint density at radius 1 is 1.00 bits per heavy atom. The molecule has 0 saturated heterocycles. The van der Waals surface area contributed by atoms with E-state index in [2.05, 4.69) is 4.74 Å². The van der Waals surface area contributed by atoms with Crippen molar-refractivity contribution in [1.82, 2.24) is 0 Å². The molecule has 0 fully saturated rings. The number of rotatable bonds is 9. The summed E-state index contributed by atoms with van der Waals surface area (Å²) < 4.78 is 40.4. The predicted octanol–water partition coefficient (Wildman–Crippen LogP) is 6.08. The molecule has 3 aromatic carbocycles. The van der Waals surface area contributed by atoms with Crippen LogP contribution in [0.2, 0.25) is 0 Å². The minimum atomic E-state index is -2.94. The van der Waals surface area contributed by atoms with Crippen LogP contribution in [0.1, 0.15) is 27.0 Å². The van der Waals surface area contributed by atoms with Crippen LogP contribution < -0.4 is 14.2 Å². The molecule has 6 heteroatoms. The van der Waals surface area contributed by atoms with Gasteiger partial charge in [0.1, 0.15) is 23.9 Å². The Morgan fingerprint density at radius 2 is 1.81 bits per heavy atom. The number of benzene rings is 3. The minimum absolute atomic E-state index is 0.0608. The number of methoxy groups -OCH3 is 1. The minimum Gasteiger partial charge on any atom is -0.496 e. The lowest BCUT2D eigenvalue weighted by Crippen LogP contribution is -2.03. The molecule has 3 rings (SSSR count). The molecule has 0 N–H and O–H groups in total. The summed E-state index contributed by atoms with van der Waals surface area (Å²) in [5.41, 5.74) is 2.89. The first-order valence-electron chi connectivity index (χ1n) is 9.59. The maximum Gasteiger partial charge on any atom is 0.387 e. The Kier molecular flexibility index (Phi) is 7.38. The Hall–Kier alpha value is -3.67. The average molecular weight is 424 g/mol. The Morgan fingerprint density at radius 3 is 2.55 bits per heavy atom. The molecule has 0 amide bonds. The molecule has 0 bridgehead atoms. The van der Waals surface area contributed by atoms with Gasteiger partial charge in [0.2, 0.25) is 0 Å². The van der Waals surface area contributed by atoms with Gasteiger partial charge in [-0.2, -0.15) is 8.78 Å². The Labute approximate surface area is 179 Å². The number of hydrogen-bond acceptors (Lipinski definition) is 4. The highest BCUT2D eigenvalue weighted by atomic mass is 19.3. The van der Waals surface area contributed by atoms with E-state index >= 15 is 0 Å². The lowest BCUT2D eigenvalue weighted by atomic mass is 10.1. The summed E-state index contributed by atoms with van der Waals surface area (Å²) in [6.45, 7) is -0.671. The van der Waals surface area contributed by atoms with Gasteiger partial charge >= 0.3 is 6.61 Å². The van der Waals surface area contributed by atoms with E-state index in [1.165, 1.54) is 24.3 Å². The van der Waals surface area contributed by atoms with E-state index in [-0.39, 0.29) is 17.1 Å². The molecule has 31 heavy (non-hydrogen) atoms. The molecule has 0 radical (unpaired) electrons. The number of halogens is 2. The van der Waals surface area contributed by atoms with E-state index in [4.69, 9.17) is 9.47 Å². The second kappa shape index (κ2) is 10.4. The maximum atomic E-state index is 12.4. The molecule has 160 valence electrons. The number of allylic oxidation sites excluding steroid dienone is 1. The van der Waals surface area contributed by atoms with Gasteiger partial charge in [0, 0.05) is 11.1 Å². The van der Waals surface area contributed by atoms with Crippen molar-refractivity contribution in [1.29, 1.82) is 0 Å². The third-order valence-corrected chi connectivity index (χ3v) is 4.55. The zero-order valence-corrected chi connectivity index (χ0v) is 17.2. The van der Waals surface area contributed by atoms with Gasteiger partial charge in [0.15, 0.2) is 5.78 Å². The number of hydrogen-bond donors (Lipinski definition) is 0. The molecular weight excluding hydrogens is 402 g/mol. The van der Waals surface area contributed by atoms with Gasteiger partial charge < -0.3 is 14.2 Å². The number of ether oxygens (including phenoxy) is 3. The summed E-state index contributed by atoms with van der Waals surface area (Å²) in [6.07, 6.45) is 3.04. The number of aryl methyl sites for hydroxylation is 1. The van der Waals surface area contributed by atoms with Gasteiger partial charge in [-0.25, -0.2) is 0 Å². The average Bonchev–Trinajstić information content (AvgIpc) is 2.76. The molecule has 0 aliphatic rings. The fourth-order valence-electron chi connectivity index (χ4n) is 2.98. The van der Waals surface area contributed by atoms with E-state index in [0.29, 0.717) is 12.4 Å². The highest BCUT2D eigenvalue weighted by Crippen LogP contribution is 2.24. The van der Waals surface area contributed by atoms with Crippen molar-refractivity contribution in [3.8, 4) is 17.2 Å². The van der Waals surface area contributed by atoms with Crippen LogP contribution in [0.4, 0.5) is 8.78 Å². The highest BCUT2D eigenvalue weighted by Gasteiger charge is 2.09. The van der Waals surface area contributed by atoms with E-state index in [9.17, 15) is 13.6 Å². The van der Waals surface area contributed by atoms with Crippen molar-refractivity contribution in [3.63, 3.8) is 0 Å². The van der Waals surface area contributed by atoms with E-state index in [1.807, 2.05) is 43.3 Å². The lowest BCUT2D eigenvalue weighted by Gasteiger charge is -2.12. The molecular formula is C25H22F2O4. The van der Waals surface area contributed by atoms with Crippen molar-refractivity contribution in [2.45, 2.75) is 20.1 Å². The standard InChI is InChI=1S/C25H22F2O4/c1-17-6-3-4-9-23(17)30-16-20-14-18(11-13-24(20)29-2)10-12-22(28)19-7-5-8-21(15-19)31-25(26)27/h3-15,25H,16H2,1-2H3/b12-10+. The zero-order chi connectivity index (χ0) is 22.2. The van der Waals surface area contributed by atoms with Crippen molar-refractivity contribution in [3.05, 3.63) is 95.1 Å². The summed E-state index contributed by atoms with van der Waals surface area (Å²) in [7, 11) is 1.58. The molecule has 0 saturated carbocycles. The first-order valence-corrected chi connectivity index (χ1v) is 9.59. The summed E-state index contributed by atoms with van der Waals surface area (Å²) in [4.78, 5) is 12.4. The molecule has 0 unspecified atom stereocenters. The van der Waals surface area contributed by atoms with E-state index in [1.54, 1.807) is 25.3 Å². The fraction of sp³-hybridized carbons (Fsp3) is 0.160. The third kappa shape index (κ3) is 6.15. The summed E-state index contributed by atoms with van der Waals surface area (Å²) in [6, 6.07) is 18.9. The van der Waals surface area contributed by atoms with E-state index < -0.39 is 6.61 Å². The van der Waals surface area contributed by atoms with Gasteiger partial charge in [0.05, 0.1) is 7.11 Å². The topological polar surface area (TPSA) is 44.8 Å². The van der Waals surface area contributed by atoms with Crippen LogP contribution in [-0.2, 0) is 6.61 Å². The first kappa shape index (κ1) is 22.0. The van der Waals surface area contributed by atoms with Crippen LogP contribution in [0.25, 0.3) is 6.08 Å². The first-order chi connectivity index (χ1) is 15.0. The number of carbonyl (C=O) groups excluding carboxylic acids is 1. The molecule has 4 nitrogen and oxygen atoms in total. The third-order valence-electron chi connectivity index (χ3n) is 4.55. The van der Waals surface area contributed by atoms with Crippen LogP contribution in [0.15, 0.2) is 72.8 Å². The van der Waals surface area contributed by atoms with Gasteiger partial charge in [0.25, 0.3) is 0 Å². The number of ketones is 1. The number of para-hydroxylation sites is 1. The summed E-state index contributed by atoms with van der Waals surface area (Å²) in [5.74, 6) is 1.07. The van der Waals surface area contributed by atoms with Crippen LogP contribution >= 0.6 is 0 Å². The molecule has 0 aliphatic heterocycles. The monoisotopic (exact) mass is 424 g/mol. The molecule has 0 spiro atoms. The predicted molar refractivity (Wildman–Crippen MR) is 115 cm³/mol. The second-order valence-corrected chi connectivity index (χ2v) is 6.73. The highest BCUT2D eigenvalue weighted by molar-refractivity contribution is 6.07. The molecule has 0 aliphatic carbocycles. The fourth-order valence-corrected chi connectivity index (χ4v) is 2.98. The van der Waals surface area contributed by atoms with Crippen LogP contribution in [0.5, 0.6) is 17.2 Å². The van der Waals surface area contributed by atoms with Gasteiger partial charge in [-0.3, -0.25) is 4.79 Å². The normalized spacial score (nSPS) is 11.0. The Bertz CT molecular complexity index is 1080. The zero-order valence-electron chi connectivity index (χ0n) is 17.2. The van der Waals surface area contributed by atoms with Crippen molar-refractivity contribution in [2.24, 2.45) is 0 Å². The molecule has 0 aromatic heterocycles. The summed E-state index contributed by atoms with van der Waals surface area (Å²) in [5, 5.41) is 0. The van der Waals surface area contributed by atoms with Crippen molar-refractivity contribution in [2.75, 3.05) is 7.11 Å². The van der Waals surface area contributed by atoms with Crippen LogP contribution in [-0.4, -0.2) is 19.5 Å². The summed E-state index contributed by atoms with van der Waals surface area (Å²) >= 11 is 0. The SMILES string of the molecule is COc1ccc(/C=C/C(=O)c2cccc(OC(F)F)c2)cc1COc1ccccc1C. The second-order valence-electron chi connectivity index (χ2n) is 6.73.